The highest BCUT2D eigenvalue weighted by molar-refractivity contribution is 5.76. The van der Waals surface area contributed by atoms with E-state index in [1.54, 1.807) is 0 Å². The molecule has 1 fully saturated rings. The zero-order chi connectivity index (χ0) is 14.0. The van der Waals surface area contributed by atoms with Crippen molar-refractivity contribution in [3.63, 3.8) is 0 Å². The topological polar surface area (TPSA) is 52.0 Å². The van der Waals surface area contributed by atoms with Gasteiger partial charge >= 0.3 is 0 Å². The Morgan fingerprint density at radius 1 is 1.10 bits per heavy atom. The Bertz CT molecular complexity index is 851. The summed E-state index contributed by atoms with van der Waals surface area (Å²) in [6.45, 7) is 0. The average molecular weight is 276 g/mol. The number of aryl methyl sites for hydroxylation is 1. The number of hydrogen-bond acceptors (Lipinski definition) is 3. The number of nitrogen functional groups attached to an aromatic ring is 1. The van der Waals surface area contributed by atoms with Crippen molar-refractivity contribution in [1.82, 2.24) is 4.98 Å². The number of fused-ring (bicyclic) bond motifs is 4. The molecule has 3 heteroatoms. The van der Waals surface area contributed by atoms with E-state index in [-0.39, 0.29) is 0 Å². The zero-order valence-corrected chi connectivity index (χ0v) is 11.6. The number of oxazole rings is 1. The fourth-order valence-corrected chi connectivity index (χ4v) is 4.00. The lowest BCUT2D eigenvalue weighted by Crippen LogP contribution is -2.00. The number of benzene rings is 2. The van der Waals surface area contributed by atoms with Crippen molar-refractivity contribution in [1.29, 1.82) is 0 Å². The quantitative estimate of drug-likeness (QED) is 0.687. The summed E-state index contributed by atoms with van der Waals surface area (Å²) in [7, 11) is 0. The molecule has 2 aromatic carbocycles. The molecule has 0 amide bonds. The number of hydrogen-bond donors (Lipinski definition) is 1. The largest absolute Gasteiger partial charge is 0.440 e. The summed E-state index contributed by atoms with van der Waals surface area (Å²) in [5.41, 5.74) is 11.3. The summed E-state index contributed by atoms with van der Waals surface area (Å²) >= 11 is 0. The fraction of sp³-hybridized carbons (Fsp3) is 0.278. The molecule has 21 heavy (non-hydrogen) atoms. The van der Waals surface area contributed by atoms with E-state index in [2.05, 4.69) is 24.3 Å². The van der Waals surface area contributed by atoms with Gasteiger partial charge in [0.05, 0.1) is 0 Å². The lowest BCUT2D eigenvalue weighted by atomic mass is 9.92. The van der Waals surface area contributed by atoms with Gasteiger partial charge in [0, 0.05) is 17.7 Å². The van der Waals surface area contributed by atoms with Gasteiger partial charge in [0.2, 0.25) is 0 Å². The summed E-state index contributed by atoms with van der Waals surface area (Å²) in [6, 6.07) is 14.5. The van der Waals surface area contributed by atoms with Crippen molar-refractivity contribution in [3.05, 3.63) is 59.5 Å². The number of rotatable bonds is 1. The van der Waals surface area contributed by atoms with Gasteiger partial charge < -0.3 is 10.2 Å². The average Bonchev–Trinajstić information content (AvgIpc) is 3.11. The first-order chi connectivity index (χ1) is 10.3. The summed E-state index contributed by atoms with van der Waals surface area (Å²) in [5, 5.41) is 0. The first-order valence-corrected chi connectivity index (χ1v) is 7.55. The molecular formula is C18H16N2O. The maximum Gasteiger partial charge on any atom is 0.199 e. The number of nitrogens with zero attached hydrogens (tertiary/aromatic N) is 1. The molecule has 0 saturated heterocycles. The number of nitrogens with two attached hydrogens (primary N) is 1. The fourth-order valence-electron chi connectivity index (χ4n) is 4.00. The van der Waals surface area contributed by atoms with E-state index in [0.29, 0.717) is 17.8 Å². The lowest BCUT2D eigenvalue weighted by Gasteiger charge is -2.13. The first kappa shape index (κ1) is 11.4. The predicted octanol–water partition coefficient (Wildman–Crippen LogP) is 3.85. The van der Waals surface area contributed by atoms with E-state index in [9.17, 15) is 0 Å². The summed E-state index contributed by atoms with van der Waals surface area (Å²) in [5.74, 6) is 2.63. The van der Waals surface area contributed by atoms with Crippen LogP contribution in [0.25, 0.3) is 11.1 Å². The van der Waals surface area contributed by atoms with Crippen molar-refractivity contribution in [2.24, 2.45) is 5.92 Å². The summed E-state index contributed by atoms with van der Waals surface area (Å²) in [6.07, 6.45) is 2.42. The monoisotopic (exact) mass is 276 g/mol. The molecule has 104 valence electrons. The zero-order valence-electron chi connectivity index (χ0n) is 11.6. The SMILES string of the molecule is Nc1ccc2nc(C3C4CCc5ccccc5C43)oc2c1. The van der Waals surface area contributed by atoms with Crippen LogP contribution in [0.3, 0.4) is 0 Å². The van der Waals surface area contributed by atoms with Gasteiger partial charge in [-0.25, -0.2) is 4.98 Å². The number of anilines is 1. The molecule has 5 rings (SSSR count). The van der Waals surface area contributed by atoms with Gasteiger partial charge in [0.25, 0.3) is 0 Å². The van der Waals surface area contributed by atoms with Crippen LogP contribution in [-0.4, -0.2) is 4.98 Å². The second kappa shape index (κ2) is 3.88. The van der Waals surface area contributed by atoms with E-state index >= 15 is 0 Å². The van der Waals surface area contributed by atoms with Crippen LogP contribution in [0, 0.1) is 5.92 Å². The molecule has 2 aliphatic rings. The molecule has 0 bridgehead atoms. The molecule has 2 aliphatic carbocycles. The Labute approximate surface area is 122 Å². The van der Waals surface area contributed by atoms with Crippen LogP contribution < -0.4 is 5.73 Å². The van der Waals surface area contributed by atoms with Crippen molar-refractivity contribution >= 4 is 16.8 Å². The van der Waals surface area contributed by atoms with Gasteiger partial charge in [-0.2, -0.15) is 0 Å². The second-order valence-electron chi connectivity index (χ2n) is 6.23. The third-order valence-corrected chi connectivity index (χ3v) is 5.04. The molecule has 3 nitrogen and oxygen atoms in total. The highest BCUT2D eigenvalue weighted by Crippen LogP contribution is 2.65. The predicted molar refractivity (Wildman–Crippen MR) is 82.2 cm³/mol. The van der Waals surface area contributed by atoms with Crippen LogP contribution in [0.4, 0.5) is 5.69 Å². The van der Waals surface area contributed by atoms with Gasteiger partial charge in [-0.15, -0.1) is 0 Å². The maximum absolute atomic E-state index is 5.99. The van der Waals surface area contributed by atoms with Gasteiger partial charge in [-0.05, 0) is 47.9 Å². The number of aromatic nitrogens is 1. The normalized spacial score (nSPS) is 26.4. The second-order valence-corrected chi connectivity index (χ2v) is 6.23. The van der Waals surface area contributed by atoms with Crippen LogP contribution in [0.5, 0.6) is 0 Å². The van der Waals surface area contributed by atoms with E-state index in [0.717, 1.165) is 22.7 Å². The summed E-state index contributed by atoms with van der Waals surface area (Å²) < 4.78 is 5.99. The molecule has 3 aromatic rings. The highest BCUT2D eigenvalue weighted by Gasteiger charge is 2.56. The third-order valence-electron chi connectivity index (χ3n) is 5.04. The smallest absolute Gasteiger partial charge is 0.199 e. The molecule has 2 N–H and O–H groups in total. The van der Waals surface area contributed by atoms with Crippen molar-refractivity contribution in [3.8, 4) is 0 Å². The van der Waals surface area contributed by atoms with E-state index in [1.165, 1.54) is 24.0 Å². The minimum absolute atomic E-state index is 0.447. The minimum Gasteiger partial charge on any atom is -0.440 e. The molecule has 1 saturated carbocycles. The molecule has 0 aliphatic heterocycles. The third kappa shape index (κ3) is 1.57. The van der Waals surface area contributed by atoms with Crippen LogP contribution in [0.2, 0.25) is 0 Å². The van der Waals surface area contributed by atoms with Gasteiger partial charge in [-0.1, -0.05) is 24.3 Å². The van der Waals surface area contributed by atoms with Crippen LogP contribution >= 0.6 is 0 Å². The lowest BCUT2D eigenvalue weighted by molar-refractivity contribution is 0.517. The molecular weight excluding hydrogens is 260 g/mol. The van der Waals surface area contributed by atoms with Crippen molar-refractivity contribution < 1.29 is 4.42 Å². The Hall–Kier alpha value is -2.29. The molecule has 1 heterocycles. The van der Waals surface area contributed by atoms with Crippen LogP contribution in [-0.2, 0) is 6.42 Å². The van der Waals surface area contributed by atoms with Crippen LogP contribution in [0.15, 0.2) is 46.9 Å². The first-order valence-electron chi connectivity index (χ1n) is 7.55. The molecule has 0 radical (unpaired) electrons. The van der Waals surface area contributed by atoms with Crippen molar-refractivity contribution in [2.75, 3.05) is 5.73 Å². The Kier molecular flexibility index (Phi) is 2.10. The van der Waals surface area contributed by atoms with Crippen LogP contribution in [0.1, 0.15) is 35.3 Å². The van der Waals surface area contributed by atoms with E-state index in [4.69, 9.17) is 15.1 Å². The Morgan fingerprint density at radius 3 is 2.95 bits per heavy atom. The van der Waals surface area contributed by atoms with Gasteiger partial charge in [-0.3, -0.25) is 0 Å². The van der Waals surface area contributed by atoms with Crippen molar-refractivity contribution in [2.45, 2.75) is 24.7 Å². The Morgan fingerprint density at radius 2 is 2.00 bits per heavy atom. The minimum atomic E-state index is 0.447. The summed E-state index contributed by atoms with van der Waals surface area (Å²) in [4.78, 5) is 4.69. The maximum atomic E-state index is 5.99. The molecule has 1 aromatic heterocycles. The molecule has 0 spiro atoms. The Balaban J connectivity index is 1.57. The molecule has 3 unspecified atom stereocenters. The van der Waals surface area contributed by atoms with E-state index in [1.807, 2.05) is 18.2 Å². The standard InChI is InChI=1S/C18H16N2O/c19-11-6-8-14-15(9-11)21-18(20-14)17-13-7-5-10-3-1-2-4-12(10)16(13)17/h1-4,6,8-9,13,16-17H,5,7,19H2. The van der Waals surface area contributed by atoms with E-state index < -0.39 is 0 Å². The van der Waals surface area contributed by atoms with Gasteiger partial charge in [0.15, 0.2) is 11.5 Å². The van der Waals surface area contributed by atoms with Gasteiger partial charge in [0.1, 0.15) is 5.52 Å². The molecule has 3 atom stereocenters. The highest BCUT2D eigenvalue weighted by atomic mass is 16.3.